The van der Waals surface area contributed by atoms with Crippen LogP contribution in [-0.4, -0.2) is 21.8 Å². The fourth-order valence-corrected chi connectivity index (χ4v) is 3.71. The zero-order chi connectivity index (χ0) is 15.3. The maximum Gasteiger partial charge on any atom is 0.266 e. The number of carbonyl (C=O) groups excluding carboxylic acids is 1. The van der Waals surface area contributed by atoms with Crippen LogP contribution in [0.2, 0.25) is 0 Å². The Balaban J connectivity index is 1.52. The number of rotatable bonds is 5. The fraction of sp³-hybridized carbons (Fsp3) is 0.529. The quantitative estimate of drug-likeness (QED) is 0.838. The number of thiazole rings is 1. The molecule has 2 atom stereocenters. The van der Waals surface area contributed by atoms with Crippen LogP contribution in [0.4, 0.5) is 0 Å². The zero-order valence-corrected chi connectivity index (χ0v) is 13.7. The molecule has 1 amide bonds. The van der Waals surface area contributed by atoms with Gasteiger partial charge in [0, 0.05) is 12.0 Å². The van der Waals surface area contributed by atoms with Crippen molar-refractivity contribution < 1.29 is 9.21 Å². The summed E-state index contributed by atoms with van der Waals surface area (Å²) in [7, 11) is 0. The number of amides is 1. The summed E-state index contributed by atoms with van der Waals surface area (Å²) in [4.78, 5) is 19.7. The minimum atomic E-state index is 0.0974. The van der Waals surface area contributed by atoms with Crippen LogP contribution < -0.4 is 0 Å². The van der Waals surface area contributed by atoms with E-state index in [2.05, 4.69) is 18.0 Å². The number of hydrogen-bond acceptors (Lipinski definition) is 4. The van der Waals surface area contributed by atoms with Crippen LogP contribution in [0, 0.1) is 12.8 Å². The van der Waals surface area contributed by atoms with Crippen LogP contribution in [0.5, 0.6) is 0 Å². The molecule has 0 bridgehead atoms. The lowest BCUT2D eigenvalue weighted by atomic mass is 10.2. The van der Waals surface area contributed by atoms with Crippen LogP contribution in [-0.2, 0) is 6.54 Å². The summed E-state index contributed by atoms with van der Waals surface area (Å²) in [6.07, 6.45) is 3.41. The zero-order valence-electron chi connectivity index (χ0n) is 12.9. The first-order chi connectivity index (χ1) is 10.6. The highest BCUT2D eigenvalue weighted by molar-refractivity contribution is 7.11. The van der Waals surface area contributed by atoms with Crippen molar-refractivity contribution in [3.63, 3.8) is 0 Å². The van der Waals surface area contributed by atoms with Crippen LogP contribution in [0.25, 0.3) is 0 Å². The molecule has 2 heterocycles. The molecule has 2 aliphatic rings. The smallest absolute Gasteiger partial charge is 0.266 e. The average molecular weight is 316 g/mol. The Hall–Kier alpha value is -1.62. The topological polar surface area (TPSA) is 46.3 Å². The van der Waals surface area contributed by atoms with E-state index in [0.717, 1.165) is 40.9 Å². The molecule has 0 radical (unpaired) electrons. The summed E-state index contributed by atoms with van der Waals surface area (Å²) in [6, 6.07) is 4.47. The van der Waals surface area contributed by atoms with Gasteiger partial charge in [0.05, 0.1) is 17.7 Å². The van der Waals surface area contributed by atoms with E-state index in [-0.39, 0.29) is 5.91 Å². The van der Waals surface area contributed by atoms with Gasteiger partial charge in [0.15, 0.2) is 0 Å². The first-order valence-corrected chi connectivity index (χ1v) is 8.81. The van der Waals surface area contributed by atoms with Gasteiger partial charge in [-0.2, -0.15) is 0 Å². The number of nitrogens with zero attached hydrogens (tertiary/aromatic N) is 2. The van der Waals surface area contributed by atoms with Gasteiger partial charge in [-0.3, -0.25) is 4.79 Å². The van der Waals surface area contributed by atoms with Gasteiger partial charge < -0.3 is 9.32 Å². The molecular weight excluding hydrogens is 296 g/mol. The highest BCUT2D eigenvalue weighted by Gasteiger charge is 2.38. The second-order valence-electron chi connectivity index (χ2n) is 6.55. The third-order valence-corrected chi connectivity index (χ3v) is 5.59. The summed E-state index contributed by atoms with van der Waals surface area (Å²) in [5.41, 5.74) is 2.57. The molecular formula is C17H20N2O2S. The van der Waals surface area contributed by atoms with Crippen LogP contribution in [0.1, 0.15) is 59.0 Å². The van der Waals surface area contributed by atoms with Crippen molar-refractivity contribution >= 4 is 17.2 Å². The second-order valence-corrected chi connectivity index (χ2v) is 7.41. The van der Waals surface area contributed by atoms with Crippen molar-refractivity contribution in [3.05, 3.63) is 39.7 Å². The van der Waals surface area contributed by atoms with Gasteiger partial charge in [-0.25, -0.2) is 4.98 Å². The Morgan fingerprint density at radius 1 is 1.45 bits per heavy atom. The lowest BCUT2D eigenvalue weighted by Crippen LogP contribution is -2.32. The Labute approximate surface area is 134 Å². The monoisotopic (exact) mass is 316 g/mol. The summed E-state index contributed by atoms with van der Waals surface area (Å²) < 4.78 is 5.98. The number of furan rings is 1. The highest BCUT2D eigenvalue weighted by atomic mass is 32.1. The van der Waals surface area contributed by atoms with Gasteiger partial charge >= 0.3 is 0 Å². The molecule has 22 heavy (non-hydrogen) atoms. The largest absolute Gasteiger partial charge is 0.464 e. The molecule has 0 aliphatic heterocycles. The van der Waals surface area contributed by atoms with Crippen LogP contribution in [0.3, 0.4) is 0 Å². The van der Waals surface area contributed by atoms with Crippen LogP contribution >= 0.6 is 11.3 Å². The van der Waals surface area contributed by atoms with E-state index in [1.807, 2.05) is 17.9 Å². The standard InChI is InChI=1S/C17H20N2O2S/c1-10-7-14(10)15-6-5-13(21-15)8-19(12-3-4-12)17(20)16-11(2)18-9-22-16/h5-6,9-10,12,14H,3-4,7-8H2,1-2H3/t10-,14+/m1/s1. The minimum Gasteiger partial charge on any atom is -0.464 e. The van der Waals surface area contributed by atoms with Crippen molar-refractivity contribution in [1.82, 2.24) is 9.88 Å². The lowest BCUT2D eigenvalue weighted by Gasteiger charge is -2.20. The van der Waals surface area contributed by atoms with E-state index < -0.39 is 0 Å². The first-order valence-electron chi connectivity index (χ1n) is 7.93. The summed E-state index contributed by atoms with van der Waals surface area (Å²) in [6.45, 7) is 4.72. The maximum atomic E-state index is 12.8. The van der Waals surface area contributed by atoms with Crippen LogP contribution in [0.15, 0.2) is 22.1 Å². The van der Waals surface area contributed by atoms with Crippen molar-refractivity contribution in [2.45, 2.75) is 51.6 Å². The van der Waals surface area contributed by atoms with E-state index in [0.29, 0.717) is 18.5 Å². The molecule has 4 rings (SSSR count). The molecule has 4 nitrogen and oxygen atoms in total. The lowest BCUT2D eigenvalue weighted by molar-refractivity contribution is 0.0720. The Morgan fingerprint density at radius 2 is 2.23 bits per heavy atom. The van der Waals surface area contributed by atoms with Gasteiger partial charge in [0.2, 0.25) is 0 Å². The fourth-order valence-electron chi connectivity index (χ4n) is 2.96. The predicted molar refractivity (Wildman–Crippen MR) is 85.0 cm³/mol. The van der Waals surface area contributed by atoms with Crippen molar-refractivity contribution in [2.24, 2.45) is 5.92 Å². The predicted octanol–water partition coefficient (Wildman–Crippen LogP) is 3.97. The highest BCUT2D eigenvalue weighted by Crippen LogP contribution is 2.47. The molecule has 0 unspecified atom stereocenters. The van der Waals surface area contributed by atoms with E-state index in [9.17, 15) is 4.79 Å². The van der Waals surface area contributed by atoms with Gasteiger partial charge in [0.1, 0.15) is 16.4 Å². The molecule has 116 valence electrons. The second kappa shape index (κ2) is 5.23. The van der Waals surface area contributed by atoms with Crippen molar-refractivity contribution in [2.75, 3.05) is 0 Å². The Bertz CT molecular complexity index is 701. The third kappa shape index (κ3) is 2.58. The SMILES string of the molecule is Cc1ncsc1C(=O)N(Cc1ccc([C@H]2C[C@H]2C)o1)C1CC1. The van der Waals surface area contributed by atoms with E-state index in [4.69, 9.17) is 4.42 Å². The number of aryl methyl sites for hydroxylation is 1. The molecule has 2 aromatic rings. The molecule has 5 heteroatoms. The van der Waals surface area contributed by atoms with Crippen molar-refractivity contribution in [1.29, 1.82) is 0 Å². The van der Waals surface area contributed by atoms with Gasteiger partial charge in [-0.15, -0.1) is 11.3 Å². The number of hydrogen-bond donors (Lipinski definition) is 0. The third-order valence-electron chi connectivity index (χ3n) is 4.67. The Kier molecular flexibility index (Phi) is 3.33. The maximum absolute atomic E-state index is 12.8. The normalized spacial score (nSPS) is 23.5. The molecule has 2 aromatic heterocycles. The average Bonchev–Trinajstić information content (AvgIpc) is 3.38. The van der Waals surface area contributed by atoms with E-state index in [1.54, 1.807) is 5.51 Å². The Morgan fingerprint density at radius 3 is 2.82 bits per heavy atom. The molecule has 0 aromatic carbocycles. The summed E-state index contributed by atoms with van der Waals surface area (Å²) in [5.74, 6) is 3.40. The van der Waals surface area contributed by atoms with Gasteiger partial charge in [-0.05, 0) is 44.2 Å². The minimum absolute atomic E-state index is 0.0974. The number of aromatic nitrogens is 1. The number of carbonyl (C=O) groups is 1. The molecule has 0 spiro atoms. The molecule has 2 aliphatic carbocycles. The summed E-state index contributed by atoms with van der Waals surface area (Å²) in [5, 5.41) is 0. The summed E-state index contributed by atoms with van der Waals surface area (Å²) >= 11 is 1.43. The first kappa shape index (κ1) is 14.0. The van der Waals surface area contributed by atoms with E-state index in [1.165, 1.54) is 17.8 Å². The van der Waals surface area contributed by atoms with Gasteiger partial charge in [0.25, 0.3) is 5.91 Å². The molecule has 0 N–H and O–H groups in total. The molecule has 2 fully saturated rings. The molecule has 2 saturated carbocycles. The van der Waals surface area contributed by atoms with Gasteiger partial charge in [-0.1, -0.05) is 6.92 Å². The van der Waals surface area contributed by atoms with Crippen molar-refractivity contribution in [3.8, 4) is 0 Å². The molecule has 0 saturated heterocycles. The van der Waals surface area contributed by atoms with E-state index >= 15 is 0 Å².